The van der Waals surface area contributed by atoms with Crippen LogP contribution >= 0.6 is 24.0 Å². The number of aryl methyl sites for hydroxylation is 2. The van der Waals surface area contributed by atoms with Gasteiger partial charge in [-0.05, 0) is 66.7 Å². The molecule has 0 saturated heterocycles. The molecule has 0 amide bonds. The summed E-state index contributed by atoms with van der Waals surface area (Å²) >= 11 is 6.94. The van der Waals surface area contributed by atoms with Crippen molar-refractivity contribution in [1.82, 2.24) is 4.57 Å². The number of thiocarbonyl (C=S) groups is 1. The number of carboxylic acid groups (broad SMARTS) is 1. The summed E-state index contributed by atoms with van der Waals surface area (Å²) < 4.78 is 1.66. The molecule has 34 heavy (non-hydrogen) atoms. The number of benzene rings is 3. The maximum atomic E-state index is 11.0. The van der Waals surface area contributed by atoms with E-state index in [0.717, 1.165) is 39.2 Å². The number of azo groups is 1. The maximum absolute atomic E-state index is 11.0. The van der Waals surface area contributed by atoms with Gasteiger partial charge in [0, 0.05) is 28.8 Å². The molecule has 1 heterocycles. The maximum Gasteiger partial charge on any atom is 0.335 e. The van der Waals surface area contributed by atoms with Crippen LogP contribution in [0.15, 0.2) is 87.9 Å². The lowest BCUT2D eigenvalue weighted by Gasteiger charge is -2.04. The van der Waals surface area contributed by atoms with Gasteiger partial charge in [0.15, 0.2) is 5.69 Å². The number of aromatic carboxylic acids is 1. The van der Waals surface area contributed by atoms with Crippen LogP contribution in [0.2, 0.25) is 0 Å². The van der Waals surface area contributed by atoms with Crippen LogP contribution in [0.4, 0.5) is 11.4 Å². The number of thioether (sulfide) groups is 1. The van der Waals surface area contributed by atoms with Gasteiger partial charge in [-0.3, -0.25) is 0 Å². The SMILES string of the molecule is Cn1c(O)c(N=NC(=S)Nc2ccccc2)c2cc(SCCc3ccc(C(=O)O)cc3)ccc21. The first-order valence-corrected chi connectivity index (χ1v) is 11.9. The number of carboxylic acids is 1. The Morgan fingerprint density at radius 3 is 2.53 bits per heavy atom. The molecule has 0 atom stereocenters. The van der Waals surface area contributed by atoms with Crippen LogP contribution in [0.1, 0.15) is 15.9 Å². The molecule has 0 fully saturated rings. The summed E-state index contributed by atoms with van der Waals surface area (Å²) in [5.41, 5.74) is 3.36. The number of carbonyl (C=O) groups is 1. The predicted octanol–water partition coefficient (Wildman–Crippen LogP) is 6.40. The van der Waals surface area contributed by atoms with Crippen molar-refractivity contribution in [2.75, 3.05) is 11.1 Å². The molecule has 0 radical (unpaired) electrons. The molecule has 0 saturated carbocycles. The van der Waals surface area contributed by atoms with Crippen molar-refractivity contribution in [3.8, 4) is 5.88 Å². The molecule has 0 bridgehead atoms. The van der Waals surface area contributed by atoms with Crippen molar-refractivity contribution in [2.45, 2.75) is 11.3 Å². The second kappa shape index (κ2) is 10.5. The Hall–Kier alpha value is -3.69. The molecule has 1 aromatic heterocycles. The zero-order chi connectivity index (χ0) is 24.1. The molecule has 9 heteroatoms. The molecule has 7 nitrogen and oxygen atoms in total. The topological polar surface area (TPSA) is 99.2 Å². The summed E-state index contributed by atoms with van der Waals surface area (Å²) in [7, 11) is 1.77. The van der Waals surface area contributed by atoms with Crippen molar-refractivity contribution < 1.29 is 15.0 Å². The Labute approximate surface area is 206 Å². The van der Waals surface area contributed by atoms with Crippen molar-refractivity contribution in [2.24, 2.45) is 17.3 Å². The third-order valence-electron chi connectivity index (χ3n) is 5.24. The molecular weight excluding hydrogens is 468 g/mol. The molecule has 0 aliphatic rings. The van der Waals surface area contributed by atoms with Crippen LogP contribution in [-0.4, -0.2) is 31.6 Å². The van der Waals surface area contributed by atoms with Gasteiger partial charge >= 0.3 is 5.97 Å². The number of nitrogens with one attached hydrogen (secondary N) is 1. The van der Waals surface area contributed by atoms with Crippen LogP contribution in [0, 0.1) is 0 Å². The Kier molecular flexibility index (Phi) is 7.24. The van der Waals surface area contributed by atoms with E-state index in [1.54, 1.807) is 35.5 Å². The zero-order valence-electron chi connectivity index (χ0n) is 18.3. The van der Waals surface area contributed by atoms with Gasteiger partial charge in [0.1, 0.15) is 0 Å². The second-order valence-corrected chi connectivity index (χ2v) is 9.06. The molecular formula is C25H22N4O3S2. The Balaban J connectivity index is 1.47. The van der Waals surface area contributed by atoms with E-state index in [9.17, 15) is 9.90 Å². The number of aromatic nitrogens is 1. The molecule has 0 spiro atoms. The van der Waals surface area contributed by atoms with E-state index in [1.165, 1.54) is 0 Å². The quantitative estimate of drug-likeness (QED) is 0.158. The highest BCUT2D eigenvalue weighted by Gasteiger charge is 2.15. The van der Waals surface area contributed by atoms with Crippen molar-refractivity contribution in [3.05, 3.63) is 83.9 Å². The van der Waals surface area contributed by atoms with Gasteiger partial charge in [-0.2, -0.15) is 0 Å². The van der Waals surface area contributed by atoms with E-state index < -0.39 is 5.97 Å². The smallest absolute Gasteiger partial charge is 0.335 e. The summed E-state index contributed by atoms with van der Waals surface area (Å²) in [5, 5.41) is 31.9. The van der Waals surface area contributed by atoms with Crippen LogP contribution in [0.3, 0.4) is 0 Å². The number of fused-ring (bicyclic) bond motifs is 1. The Morgan fingerprint density at radius 2 is 1.82 bits per heavy atom. The molecule has 3 aromatic carbocycles. The molecule has 172 valence electrons. The average molecular weight is 491 g/mol. The van der Waals surface area contributed by atoms with Crippen molar-refractivity contribution in [3.63, 3.8) is 0 Å². The van der Waals surface area contributed by atoms with E-state index in [-0.39, 0.29) is 16.6 Å². The van der Waals surface area contributed by atoms with Crippen LogP contribution in [-0.2, 0) is 13.5 Å². The summed E-state index contributed by atoms with van der Waals surface area (Å²) in [6.45, 7) is 0. The number of anilines is 1. The van der Waals surface area contributed by atoms with E-state index in [1.807, 2.05) is 60.7 Å². The number of hydrogen-bond acceptors (Lipinski definition) is 5. The highest BCUT2D eigenvalue weighted by Crippen LogP contribution is 2.39. The highest BCUT2D eigenvalue weighted by atomic mass is 32.2. The molecule has 4 aromatic rings. The van der Waals surface area contributed by atoms with Gasteiger partial charge in [-0.1, -0.05) is 30.3 Å². The van der Waals surface area contributed by atoms with Crippen LogP contribution < -0.4 is 5.32 Å². The summed E-state index contributed by atoms with van der Waals surface area (Å²) in [6, 6.07) is 22.3. The lowest BCUT2D eigenvalue weighted by atomic mass is 10.1. The number of para-hydroxylation sites is 1. The first kappa shape index (κ1) is 23.5. The fraction of sp³-hybridized carbons (Fsp3) is 0.120. The third-order valence-corrected chi connectivity index (χ3v) is 6.42. The molecule has 0 aliphatic heterocycles. The summed E-state index contributed by atoms with van der Waals surface area (Å²) in [4.78, 5) is 12.0. The van der Waals surface area contributed by atoms with E-state index in [2.05, 4.69) is 15.5 Å². The standard InChI is InChI=1S/C25H22N4O3S2/c1-29-21-12-11-19(34-14-13-16-7-9-17(10-8-16)24(31)32)15-20(21)22(23(29)30)27-28-25(33)26-18-5-3-2-4-6-18/h2-12,15,30H,13-14H2,1H3,(H,26,33)(H,31,32). The molecule has 4 rings (SSSR count). The zero-order valence-corrected chi connectivity index (χ0v) is 19.9. The van der Waals surface area contributed by atoms with Crippen molar-refractivity contribution >= 4 is 57.3 Å². The summed E-state index contributed by atoms with van der Waals surface area (Å²) in [5.74, 6) is -0.0922. The second-order valence-electron chi connectivity index (χ2n) is 7.51. The molecule has 0 aliphatic carbocycles. The monoisotopic (exact) mass is 490 g/mol. The normalized spacial score (nSPS) is 11.2. The number of nitrogens with zero attached hydrogens (tertiary/aromatic N) is 3. The van der Waals surface area contributed by atoms with Crippen LogP contribution in [0.25, 0.3) is 10.9 Å². The summed E-state index contributed by atoms with van der Waals surface area (Å²) in [6.07, 6.45) is 0.800. The van der Waals surface area contributed by atoms with E-state index in [0.29, 0.717) is 5.69 Å². The van der Waals surface area contributed by atoms with Gasteiger partial charge in [0.05, 0.1) is 11.1 Å². The van der Waals surface area contributed by atoms with Gasteiger partial charge in [0.2, 0.25) is 11.0 Å². The minimum Gasteiger partial charge on any atom is -0.493 e. The lowest BCUT2D eigenvalue weighted by molar-refractivity contribution is 0.0697. The number of aromatic hydroxyl groups is 1. The fourth-order valence-corrected chi connectivity index (χ4v) is 4.54. The highest BCUT2D eigenvalue weighted by molar-refractivity contribution is 7.99. The molecule has 0 unspecified atom stereocenters. The third kappa shape index (κ3) is 5.44. The van der Waals surface area contributed by atoms with E-state index in [4.69, 9.17) is 17.3 Å². The fourth-order valence-electron chi connectivity index (χ4n) is 3.45. The average Bonchev–Trinajstić information content (AvgIpc) is 3.07. The number of hydrogen-bond donors (Lipinski definition) is 3. The number of rotatable bonds is 7. The first-order chi connectivity index (χ1) is 16.4. The van der Waals surface area contributed by atoms with Gasteiger partial charge in [-0.25, -0.2) is 4.79 Å². The van der Waals surface area contributed by atoms with Gasteiger partial charge in [0.25, 0.3) is 0 Å². The van der Waals surface area contributed by atoms with E-state index >= 15 is 0 Å². The first-order valence-electron chi connectivity index (χ1n) is 10.5. The molecule has 3 N–H and O–H groups in total. The minimum absolute atomic E-state index is 0.0157. The van der Waals surface area contributed by atoms with Gasteiger partial charge in [-0.15, -0.1) is 22.0 Å². The van der Waals surface area contributed by atoms with Crippen molar-refractivity contribution in [1.29, 1.82) is 0 Å². The van der Waals surface area contributed by atoms with Gasteiger partial charge < -0.3 is 20.1 Å². The Morgan fingerprint density at radius 1 is 1.09 bits per heavy atom. The minimum atomic E-state index is -0.926. The van der Waals surface area contributed by atoms with Crippen LogP contribution in [0.5, 0.6) is 5.88 Å². The predicted molar refractivity (Wildman–Crippen MR) is 140 cm³/mol. The largest absolute Gasteiger partial charge is 0.493 e. The lowest BCUT2D eigenvalue weighted by Crippen LogP contribution is -2.04. The Bertz CT molecular complexity index is 1370.